The van der Waals surface area contributed by atoms with Gasteiger partial charge in [-0.25, -0.2) is 0 Å². The van der Waals surface area contributed by atoms with Crippen LogP contribution in [0.25, 0.3) is 0 Å². The summed E-state index contributed by atoms with van der Waals surface area (Å²) in [5, 5.41) is 4.18. The maximum Gasteiger partial charge on any atom is 0.243 e. The number of benzene rings is 1. The van der Waals surface area contributed by atoms with Gasteiger partial charge >= 0.3 is 0 Å². The lowest BCUT2D eigenvalue weighted by Gasteiger charge is -2.10. The maximum absolute atomic E-state index is 6.09. The SMILES string of the molecule is CSCC[C@@H](N)c1nc(C2(c3ccccc3)CC2)no1. The summed E-state index contributed by atoms with van der Waals surface area (Å²) in [6, 6.07) is 10.3. The molecule has 1 atom stereocenters. The lowest BCUT2D eigenvalue weighted by atomic mass is 9.95. The molecule has 0 saturated heterocycles. The first-order valence-corrected chi connectivity index (χ1v) is 8.30. The average molecular weight is 289 g/mol. The lowest BCUT2D eigenvalue weighted by Crippen LogP contribution is -2.14. The van der Waals surface area contributed by atoms with Gasteiger partial charge in [0.1, 0.15) is 0 Å². The summed E-state index contributed by atoms with van der Waals surface area (Å²) in [6.45, 7) is 0. The highest BCUT2D eigenvalue weighted by molar-refractivity contribution is 7.98. The number of hydrogen-bond acceptors (Lipinski definition) is 5. The molecule has 106 valence electrons. The van der Waals surface area contributed by atoms with Gasteiger partial charge in [0.15, 0.2) is 5.82 Å². The summed E-state index contributed by atoms with van der Waals surface area (Å²) in [4.78, 5) is 4.56. The minimum atomic E-state index is -0.157. The van der Waals surface area contributed by atoms with E-state index in [0.29, 0.717) is 5.89 Å². The fourth-order valence-electron chi connectivity index (χ4n) is 2.47. The van der Waals surface area contributed by atoms with E-state index in [-0.39, 0.29) is 11.5 Å². The molecule has 0 unspecified atom stereocenters. The highest BCUT2D eigenvalue weighted by Gasteiger charge is 2.50. The Morgan fingerprint density at radius 2 is 2.10 bits per heavy atom. The first-order valence-electron chi connectivity index (χ1n) is 6.90. The topological polar surface area (TPSA) is 64.9 Å². The van der Waals surface area contributed by atoms with Gasteiger partial charge < -0.3 is 10.3 Å². The Bertz CT molecular complexity index is 566. The molecule has 1 aromatic carbocycles. The molecule has 1 aliphatic carbocycles. The van der Waals surface area contributed by atoms with E-state index >= 15 is 0 Å². The second kappa shape index (κ2) is 5.58. The molecule has 3 rings (SSSR count). The summed E-state index contributed by atoms with van der Waals surface area (Å²) < 4.78 is 5.38. The van der Waals surface area contributed by atoms with Crippen molar-refractivity contribution in [1.29, 1.82) is 0 Å². The minimum absolute atomic E-state index is 0.0394. The van der Waals surface area contributed by atoms with Crippen LogP contribution in [0.2, 0.25) is 0 Å². The Morgan fingerprint density at radius 3 is 2.75 bits per heavy atom. The van der Waals surface area contributed by atoms with Gasteiger partial charge in [-0.05, 0) is 36.8 Å². The molecule has 0 radical (unpaired) electrons. The molecular formula is C15H19N3OS. The van der Waals surface area contributed by atoms with Crippen molar-refractivity contribution in [3.05, 3.63) is 47.6 Å². The number of thioether (sulfide) groups is 1. The van der Waals surface area contributed by atoms with Crippen LogP contribution in [0.3, 0.4) is 0 Å². The monoisotopic (exact) mass is 289 g/mol. The third-order valence-corrected chi connectivity index (χ3v) is 4.54. The first-order chi connectivity index (χ1) is 9.76. The van der Waals surface area contributed by atoms with Crippen LogP contribution in [0, 0.1) is 0 Å². The molecule has 2 N–H and O–H groups in total. The van der Waals surface area contributed by atoms with E-state index in [1.807, 2.05) is 6.07 Å². The zero-order chi connectivity index (χ0) is 14.0. The van der Waals surface area contributed by atoms with Gasteiger partial charge in [-0.1, -0.05) is 35.5 Å². The molecule has 1 heterocycles. The van der Waals surface area contributed by atoms with Crippen LogP contribution in [0.1, 0.15) is 42.6 Å². The van der Waals surface area contributed by atoms with Gasteiger partial charge in [0.05, 0.1) is 11.5 Å². The van der Waals surface area contributed by atoms with Crippen molar-refractivity contribution in [3.63, 3.8) is 0 Å². The van der Waals surface area contributed by atoms with Gasteiger partial charge in [-0.3, -0.25) is 0 Å². The zero-order valence-electron chi connectivity index (χ0n) is 11.6. The fourth-order valence-corrected chi connectivity index (χ4v) is 2.96. The molecule has 1 saturated carbocycles. The lowest BCUT2D eigenvalue weighted by molar-refractivity contribution is 0.347. The smallest absolute Gasteiger partial charge is 0.243 e. The first kappa shape index (κ1) is 13.6. The molecule has 4 nitrogen and oxygen atoms in total. The van der Waals surface area contributed by atoms with E-state index in [0.717, 1.165) is 30.8 Å². The van der Waals surface area contributed by atoms with Gasteiger partial charge in [-0.15, -0.1) is 0 Å². The van der Waals surface area contributed by atoms with Crippen LogP contribution in [-0.2, 0) is 5.41 Å². The second-order valence-electron chi connectivity index (χ2n) is 5.29. The second-order valence-corrected chi connectivity index (χ2v) is 6.28. The molecule has 0 amide bonds. The van der Waals surface area contributed by atoms with Crippen molar-refractivity contribution in [3.8, 4) is 0 Å². The highest BCUT2D eigenvalue weighted by atomic mass is 32.2. The molecule has 20 heavy (non-hydrogen) atoms. The molecule has 0 aliphatic heterocycles. The number of nitrogens with two attached hydrogens (primary N) is 1. The van der Waals surface area contributed by atoms with E-state index in [4.69, 9.17) is 10.3 Å². The molecule has 0 spiro atoms. The molecule has 0 bridgehead atoms. The van der Waals surface area contributed by atoms with Gasteiger partial charge in [0.2, 0.25) is 5.89 Å². The van der Waals surface area contributed by atoms with E-state index < -0.39 is 0 Å². The summed E-state index contributed by atoms with van der Waals surface area (Å²) in [7, 11) is 0. The Hall–Kier alpha value is -1.33. The van der Waals surface area contributed by atoms with Gasteiger partial charge in [0, 0.05) is 0 Å². The van der Waals surface area contributed by atoms with Crippen molar-refractivity contribution >= 4 is 11.8 Å². The van der Waals surface area contributed by atoms with Crippen LogP contribution < -0.4 is 5.73 Å². The predicted molar refractivity (Wildman–Crippen MR) is 80.7 cm³/mol. The van der Waals surface area contributed by atoms with Crippen molar-refractivity contribution in [2.75, 3.05) is 12.0 Å². The van der Waals surface area contributed by atoms with Crippen molar-refractivity contribution < 1.29 is 4.52 Å². The average Bonchev–Trinajstić information content (AvgIpc) is 3.16. The van der Waals surface area contributed by atoms with E-state index in [9.17, 15) is 0 Å². The Kier molecular flexibility index (Phi) is 3.81. The fraction of sp³-hybridized carbons (Fsp3) is 0.467. The van der Waals surface area contributed by atoms with E-state index in [1.165, 1.54) is 5.56 Å². The summed E-state index contributed by atoms with van der Waals surface area (Å²) in [5.74, 6) is 2.36. The normalized spacial score (nSPS) is 17.9. The van der Waals surface area contributed by atoms with Crippen molar-refractivity contribution in [2.45, 2.75) is 30.7 Å². The number of aromatic nitrogens is 2. The molecule has 1 fully saturated rings. The molecule has 1 aliphatic rings. The van der Waals surface area contributed by atoms with Crippen LogP contribution >= 0.6 is 11.8 Å². The minimum Gasteiger partial charge on any atom is -0.338 e. The standard InChI is InChI=1S/C15H19N3OS/c1-20-10-7-12(16)13-17-14(18-19-13)15(8-9-15)11-5-3-2-4-6-11/h2-6,12H,7-10,16H2,1H3/t12-/m1/s1. The quantitative estimate of drug-likeness (QED) is 0.885. The largest absolute Gasteiger partial charge is 0.338 e. The number of rotatable bonds is 6. The molecule has 1 aromatic heterocycles. The van der Waals surface area contributed by atoms with Crippen LogP contribution in [0.5, 0.6) is 0 Å². The van der Waals surface area contributed by atoms with Gasteiger partial charge in [-0.2, -0.15) is 16.7 Å². The Labute approximate surface area is 123 Å². The Morgan fingerprint density at radius 1 is 1.35 bits per heavy atom. The van der Waals surface area contributed by atoms with Crippen molar-refractivity contribution in [2.24, 2.45) is 5.73 Å². The van der Waals surface area contributed by atoms with Crippen molar-refractivity contribution in [1.82, 2.24) is 10.1 Å². The highest BCUT2D eigenvalue weighted by Crippen LogP contribution is 2.52. The predicted octanol–water partition coefficient (Wildman–Crippen LogP) is 2.90. The van der Waals surface area contributed by atoms with Crippen LogP contribution in [0.15, 0.2) is 34.9 Å². The number of nitrogens with zero attached hydrogens (tertiary/aromatic N) is 2. The molecular weight excluding hydrogens is 270 g/mol. The van der Waals surface area contributed by atoms with Crippen LogP contribution in [-0.4, -0.2) is 22.1 Å². The summed E-state index contributed by atoms with van der Waals surface area (Å²) in [5.41, 5.74) is 7.32. The third-order valence-electron chi connectivity index (χ3n) is 3.90. The van der Waals surface area contributed by atoms with Gasteiger partial charge in [0.25, 0.3) is 0 Å². The summed E-state index contributed by atoms with van der Waals surface area (Å²) in [6.07, 6.45) is 5.09. The van der Waals surface area contributed by atoms with Crippen LogP contribution in [0.4, 0.5) is 0 Å². The van der Waals surface area contributed by atoms with E-state index in [1.54, 1.807) is 11.8 Å². The zero-order valence-corrected chi connectivity index (χ0v) is 12.4. The molecule has 5 heteroatoms. The maximum atomic E-state index is 6.09. The summed E-state index contributed by atoms with van der Waals surface area (Å²) >= 11 is 1.78. The Balaban J connectivity index is 1.80. The number of hydrogen-bond donors (Lipinski definition) is 1. The third kappa shape index (κ3) is 2.47. The van der Waals surface area contributed by atoms with E-state index in [2.05, 4.69) is 40.7 Å². The molecule has 2 aromatic rings.